The Morgan fingerprint density at radius 2 is 2.22 bits per heavy atom. The van der Waals surface area contributed by atoms with E-state index in [2.05, 4.69) is 15.6 Å². The van der Waals surface area contributed by atoms with Crippen molar-refractivity contribution >= 4 is 11.6 Å². The van der Waals surface area contributed by atoms with Crippen molar-refractivity contribution in [2.45, 2.75) is 33.2 Å². The molecule has 1 atom stereocenters. The van der Waals surface area contributed by atoms with Crippen LogP contribution in [0.25, 0.3) is 0 Å². The van der Waals surface area contributed by atoms with Gasteiger partial charge in [-0.1, -0.05) is 20.3 Å². The summed E-state index contributed by atoms with van der Waals surface area (Å²) >= 11 is 0. The van der Waals surface area contributed by atoms with E-state index < -0.39 is 5.82 Å². The van der Waals surface area contributed by atoms with Gasteiger partial charge in [0.15, 0.2) is 0 Å². The lowest BCUT2D eigenvalue weighted by Crippen LogP contribution is -2.18. The molecule has 100 valence electrons. The summed E-state index contributed by atoms with van der Waals surface area (Å²) in [6.07, 6.45) is 4.01. The lowest BCUT2D eigenvalue weighted by atomic mass is 10.0. The molecule has 1 amide bonds. The van der Waals surface area contributed by atoms with Gasteiger partial charge < -0.3 is 10.6 Å². The molecule has 1 rings (SSSR count). The molecule has 0 aromatic carbocycles. The second-order valence-corrected chi connectivity index (χ2v) is 4.44. The highest BCUT2D eigenvalue weighted by atomic mass is 19.1. The normalized spacial score (nSPS) is 12.2. The number of hydrogen-bond acceptors (Lipinski definition) is 3. The van der Waals surface area contributed by atoms with E-state index in [1.54, 1.807) is 7.05 Å². The van der Waals surface area contributed by atoms with Gasteiger partial charge in [0.25, 0.3) is 0 Å². The SMILES string of the molecule is CCC(C)CC(=O)Nc1cncc(F)c1CNC. The molecule has 4 nitrogen and oxygen atoms in total. The first-order chi connectivity index (χ1) is 8.58. The van der Waals surface area contributed by atoms with Crippen molar-refractivity contribution in [3.05, 3.63) is 23.8 Å². The van der Waals surface area contributed by atoms with Gasteiger partial charge >= 0.3 is 0 Å². The van der Waals surface area contributed by atoms with Gasteiger partial charge in [0.2, 0.25) is 5.91 Å². The Balaban J connectivity index is 2.77. The van der Waals surface area contributed by atoms with Gasteiger partial charge in [0.1, 0.15) is 5.82 Å². The van der Waals surface area contributed by atoms with Gasteiger partial charge in [-0.05, 0) is 13.0 Å². The zero-order valence-electron chi connectivity index (χ0n) is 11.1. The van der Waals surface area contributed by atoms with Crippen molar-refractivity contribution in [3.8, 4) is 0 Å². The predicted octanol–water partition coefficient (Wildman–Crippen LogP) is 2.31. The van der Waals surface area contributed by atoms with E-state index >= 15 is 0 Å². The van der Waals surface area contributed by atoms with E-state index in [1.165, 1.54) is 6.20 Å². The zero-order valence-corrected chi connectivity index (χ0v) is 11.1. The second kappa shape index (κ2) is 7.06. The van der Waals surface area contributed by atoms with Gasteiger partial charge in [0.05, 0.1) is 18.1 Å². The summed E-state index contributed by atoms with van der Waals surface area (Å²) in [6, 6.07) is 0. The third kappa shape index (κ3) is 4.07. The summed E-state index contributed by atoms with van der Waals surface area (Å²) in [7, 11) is 1.73. The van der Waals surface area contributed by atoms with Crippen molar-refractivity contribution in [1.29, 1.82) is 0 Å². The standard InChI is InChI=1S/C13H20FN3O/c1-4-9(2)5-13(18)17-12-8-16-7-11(14)10(12)6-15-3/h7-9,15H,4-6H2,1-3H3,(H,17,18). The first-order valence-corrected chi connectivity index (χ1v) is 6.15. The molecule has 5 heteroatoms. The molecule has 0 aliphatic heterocycles. The molecular formula is C13H20FN3O. The number of pyridine rings is 1. The Labute approximate surface area is 107 Å². The largest absolute Gasteiger partial charge is 0.324 e. The fourth-order valence-corrected chi connectivity index (χ4v) is 1.59. The molecule has 2 N–H and O–H groups in total. The van der Waals surface area contributed by atoms with E-state index in [-0.39, 0.29) is 5.91 Å². The molecule has 0 aliphatic carbocycles. The van der Waals surface area contributed by atoms with Crippen LogP contribution in [0.15, 0.2) is 12.4 Å². The molecule has 0 bridgehead atoms. The van der Waals surface area contributed by atoms with Gasteiger partial charge in [-0.3, -0.25) is 9.78 Å². The van der Waals surface area contributed by atoms with Crippen molar-refractivity contribution in [3.63, 3.8) is 0 Å². The molecule has 0 saturated carbocycles. The summed E-state index contributed by atoms with van der Waals surface area (Å²) in [5, 5.41) is 5.59. The van der Waals surface area contributed by atoms with Crippen LogP contribution in [0.2, 0.25) is 0 Å². The van der Waals surface area contributed by atoms with E-state index in [9.17, 15) is 9.18 Å². The lowest BCUT2D eigenvalue weighted by Gasteiger charge is -2.12. The van der Waals surface area contributed by atoms with Crippen LogP contribution in [0.3, 0.4) is 0 Å². The molecule has 0 aliphatic rings. The van der Waals surface area contributed by atoms with Crippen molar-refractivity contribution in [2.75, 3.05) is 12.4 Å². The molecule has 0 spiro atoms. The third-order valence-corrected chi connectivity index (χ3v) is 2.86. The third-order valence-electron chi connectivity index (χ3n) is 2.86. The molecule has 0 saturated heterocycles. The minimum absolute atomic E-state index is 0.103. The van der Waals surface area contributed by atoms with Gasteiger partial charge in [0, 0.05) is 18.5 Å². The molecule has 1 unspecified atom stereocenters. The number of hydrogen-bond donors (Lipinski definition) is 2. The van der Waals surface area contributed by atoms with Crippen LogP contribution < -0.4 is 10.6 Å². The Kier molecular flexibility index (Phi) is 5.71. The summed E-state index contributed by atoms with van der Waals surface area (Å²) in [5.41, 5.74) is 0.877. The second-order valence-electron chi connectivity index (χ2n) is 4.44. The van der Waals surface area contributed by atoms with Crippen LogP contribution in [-0.2, 0) is 11.3 Å². The molecular weight excluding hydrogens is 233 g/mol. The molecule has 1 heterocycles. The van der Waals surface area contributed by atoms with E-state index in [0.29, 0.717) is 30.1 Å². The minimum atomic E-state index is -0.411. The smallest absolute Gasteiger partial charge is 0.224 e. The minimum Gasteiger partial charge on any atom is -0.324 e. The van der Waals surface area contributed by atoms with Crippen LogP contribution in [-0.4, -0.2) is 17.9 Å². The summed E-state index contributed by atoms with van der Waals surface area (Å²) in [4.78, 5) is 15.5. The van der Waals surface area contributed by atoms with E-state index in [0.717, 1.165) is 12.6 Å². The number of rotatable bonds is 6. The number of aromatic nitrogens is 1. The van der Waals surface area contributed by atoms with Gasteiger partial charge in [-0.2, -0.15) is 0 Å². The van der Waals surface area contributed by atoms with E-state index in [1.807, 2.05) is 13.8 Å². The number of nitrogens with one attached hydrogen (secondary N) is 2. The predicted molar refractivity (Wildman–Crippen MR) is 69.7 cm³/mol. The van der Waals surface area contributed by atoms with Crippen LogP contribution >= 0.6 is 0 Å². The maximum absolute atomic E-state index is 13.6. The molecule has 1 aromatic rings. The highest BCUT2D eigenvalue weighted by Crippen LogP contribution is 2.18. The van der Waals surface area contributed by atoms with Crippen molar-refractivity contribution in [2.24, 2.45) is 5.92 Å². The summed E-state index contributed by atoms with van der Waals surface area (Å²) in [6.45, 7) is 4.40. The number of nitrogens with zero attached hydrogens (tertiary/aromatic N) is 1. The van der Waals surface area contributed by atoms with Gasteiger partial charge in [-0.15, -0.1) is 0 Å². The van der Waals surface area contributed by atoms with Crippen LogP contribution in [0.4, 0.5) is 10.1 Å². The highest BCUT2D eigenvalue weighted by Gasteiger charge is 2.12. The molecule has 0 radical (unpaired) electrons. The number of amides is 1. The van der Waals surface area contributed by atoms with Crippen molar-refractivity contribution < 1.29 is 9.18 Å². The molecule has 1 aromatic heterocycles. The van der Waals surface area contributed by atoms with Crippen LogP contribution in [0, 0.1) is 11.7 Å². The highest BCUT2D eigenvalue weighted by molar-refractivity contribution is 5.91. The summed E-state index contributed by atoms with van der Waals surface area (Å²) < 4.78 is 13.6. The fraction of sp³-hybridized carbons (Fsp3) is 0.538. The maximum atomic E-state index is 13.6. The first kappa shape index (κ1) is 14.6. The first-order valence-electron chi connectivity index (χ1n) is 6.15. The summed E-state index contributed by atoms with van der Waals surface area (Å²) in [5.74, 6) is -0.195. The number of anilines is 1. The average molecular weight is 253 g/mol. The Hall–Kier alpha value is -1.49. The number of carbonyl (C=O) groups excluding carboxylic acids is 1. The van der Waals surface area contributed by atoms with Crippen LogP contribution in [0.1, 0.15) is 32.3 Å². The van der Waals surface area contributed by atoms with Crippen molar-refractivity contribution in [1.82, 2.24) is 10.3 Å². The number of halogens is 1. The fourth-order valence-electron chi connectivity index (χ4n) is 1.59. The number of carbonyl (C=O) groups is 1. The lowest BCUT2D eigenvalue weighted by molar-refractivity contribution is -0.117. The Bertz CT molecular complexity index is 409. The van der Waals surface area contributed by atoms with E-state index in [4.69, 9.17) is 0 Å². The molecule has 0 fully saturated rings. The topological polar surface area (TPSA) is 54.0 Å². The Morgan fingerprint density at radius 3 is 2.83 bits per heavy atom. The van der Waals surface area contributed by atoms with Gasteiger partial charge in [-0.25, -0.2) is 4.39 Å². The quantitative estimate of drug-likeness (QED) is 0.818. The Morgan fingerprint density at radius 1 is 1.50 bits per heavy atom. The van der Waals surface area contributed by atoms with Crippen LogP contribution in [0.5, 0.6) is 0 Å². The average Bonchev–Trinajstić information content (AvgIpc) is 2.33. The molecule has 18 heavy (non-hydrogen) atoms. The monoisotopic (exact) mass is 253 g/mol. The maximum Gasteiger partial charge on any atom is 0.224 e. The zero-order chi connectivity index (χ0) is 13.5.